The van der Waals surface area contributed by atoms with Gasteiger partial charge in [0, 0.05) is 17.8 Å². The van der Waals surface area contributed by atoms with Crippen molar-refractivity contribution in [2.75, 3.05) is 0 Å². The first kappa shape index (κ1) is 66.1. The summed E-state index contributed by atoms with van der Waals surface area (Å²) in [6.07, 6.45) is -38.9. The number of fused-ring (bicyclic) bond motifs is 2. The molecule has 73 heavy (non-hydrogen) atoms. The Labute approximate surface area is 410 Å². The molecule has 0 aromatic heterocycles. The molecular formula is C46H66F18O9. The van der Waals surface area contributed by atoms with Crippen LogP contribution in [0.1, 0.15) is 152 Å². The molecule has 0 saturated heterocycles. The van der Waals surface area contributed by atoms with Crippen LogP contribution in [0.2, 0.25) is 0 Å². The Morgan fingerprint density at radius 1 is 0.397 bits per heavy atom. The maximum atomic E-state index is 13.1. The first-order valence-corrected chi connectivity index (χ1v) is 23.7. The average molecular weight is 1100 g/mol. The number of halogens is 18. The zero-order chi connectivity index (χ0) is 57.4. The van der Waals surface area contributed by atoms with E-state index >= 15 is 0 Å². The van der Waals surface area contributed by atoms with Crippen LogP contribution >= 0.6 is 0 Å². The summed E-state index contributed by atoms with van der Waals surface area (Å²) in [4.78, 5) is 36.1. The third-order valence-electron chi connectivity index (χ3n) is 15.5. The molecule has 2 bridgehead atoms. The fraction of sp³-hybridized carbons (Fsp3) is 0.935. The molecule has 430 valence electrons. The summed E-state index contributed by atoms with van der Waals surface area (Å²) in [6.45, 7) is 14.8. The quantitative estimate of drug-likeness (QED) is 0.0990. The Hall–Kier alpha value is -2.97. The van der Waals surface area contributed by atoms with E-state index in [-0.39, 0.29) is 38.5 Å². The summed E-state index contributed by atoms with van der Waals surface area (Å²) < 4.78 is 249. The fourth-order valence-corrected chi connectivity index (χ4v) is 9.32. The number of carbonyl (C=O) groups is 3. The lowest BCUT2D eigenvalue weighted by atomic mass is 9.73. The highest BCUT2D eigenvalue weighted by Crippen LogP contribution is 2.61. The maximum Gasteiger partial charge on any atom is 0.426 e. The Morgan fingerprint density at radius 2 is 0.726 bits per heavy atom. The topological polar surface area (TPSA) is 140 Å². The second-order valence-electron chi connectivity index (χ2n) is 21.5. The molecule has 4 aliphatic carbocycles. The molecular weight excluding hydrogens is 1040 g/mol. The monoisotopic (exact) mass is 1100 g/mol. The van der Waals surface area contributed by atoms with Gasteiger partial charge in [0.1, 0.15) is 18.3 Å². The minimum absolute atomic E-state index is 0.0869. The van der Waals surface area contributed by atoms with Gasteiger partial charge in [-0.25, -0.2) is 0 Å². The highest BCUT2D eigenvalue weighted by molar-refractivity contribution is 5.77. The van der Waals surface area contributed by atoms with Crippen LogP contribution in [-0.2, 0) is 28.6 Å². The number of rotatable bonds is 12. The van der Waals surface area contributed by atoms with Crippen molar-refractivity contribution in [2.24, 2.45) is 45.8 Å². The Morgan fingerprint density at radius 3 is 1.05 bits per heavy atom. The number of alkyl halides is 18. The van der Waals surface area contributed by atoms with Crippen LogP contribution in [-0.4, -0.2) is 105 Å². The van der Waals surface area contributed by atoms with E-state index < -0.39 is 162 Å². The Balaban J connectivity index is 0.000000375. The number of hydrogen-bond acceptors (Lipinski definition) is 9. The second kappa shape index (κ2) is 22.5. The van der Waals surface area contributed by atoms with Gasteiger partial charge in [-0.05, 0) is 137 Å². The summed E-state index contributed by atoms with van der Waals surface area (Å²) in [5, 5.41) is 28.6. The predicted octanol–water partition coefficient (Wildman–Crippen LogP) is 13.0. The van der Waals surface area contributed by atoms with Gasteiger partial charge in [0.2, 0.25) is 0 Å². The number of hydrogen-bond donors (Lipinski definition) is 3. The van der Waals surface area contributed by atoms with E-state index in [0.717, 1.165) is 0 Å². The lowest BCUT2D eigenvalue weighted by Gasteiger charge is -2.44. The molecule has 4 saturated carbocycles. The maximum absolute atomic E-state index is 13.1. The summed E-state index contributed by atoms with van der Waals surface area (Å²) >= 11 is 0. The van der Waals surface area contributed by atoms with Crippen molar-refractivity contribution in [1.29, 1.82) is 0 Å². The molecule has 0 amide bonds. The van der Waals surface area contributed by atoms with Crippen molar-refractivity contribution < 1.29 is 123 Å². The van der Waals surface area contributed by atoms with Crippen molar-refractivity contribution in [1.82, 2.24) is 0 Å². The van der Waals surface area contributed by atoms with Crippen molar-refractivity contribution >= 4 is 17.9 Å². The molecule has 4 fully saturated rings. The SMILES string of the molecule is CCC(C)(C)C(=O)OC1CC2CC1CC2C(O)(C(F)(F)F)C(F)(F)F.CCC(C)(C)C(=O)OC1CCC(C(O)(C(F)(F)F)C(F)(F)F)CC1.CCC(C)(C)C(=O)OC1CCCCC1C(O)(C(F)(F)F)C(F)(F)F. The molecule has 27 heteroatoms. The fourth-order valence-electron chi connectivity index (χ4n) is 9.32. The molecule has 3 N–H and O–H groups in total. The van der Waals surface area contributed by atoms with Crippen LogP contribution < -0.4 is 0 Å². The number of ether oxygens (including phenoxy) is 3. The van der Waals surface area contributed by atoms with E-state index in [2.05, 4.69) is 0 Å². The third kappa shape index (κ3) is 14.0. The number of esters is 3. The molecule has 0 heterocycles. The lowest BCUT2D eigenvalue weighted by molar-refractivity contribution is -0.393. The van der Waals surface area contributed by atoms with Gasteiger partial charge in [-0.15, -0.1) is 0 Å². The molecule has 4 aliphatic rings. The summed E-state index contributed by atoms with van der Waals surface area (Å²) in [6, 6.07) is 0. The van der Waals surface area contributed by atoms with Crippen LogP contribution in [0.15, 0.2) is 0 Å². The van der Waals surface area contributed by atoms with Crippen LogP contribution in [0.4, 0.5) is 79.0 Å². The molecule has 0 radical (unpaired) electrons. The van der Waals surface area contributed by atoms with Gasteiger partial charge in [-0.2, -0.15) is 79.0 Å². The minimum Gasteiger partial charge on any atom is -0.462 e. The van der Waals surface area contributed by atoms with E-state index in [9.17, 15) is 109 Å². The van der Waals surface area contributed by atoms with Gasteiger partial charge in [0.15, 0.2) is 0 Å². The van der Waals surface area contributed by atoms with Crippen molar-refractivity contribution in [3.05, 3.63) is 0 Å². The van der Waals surface area contributed by atoms with Crippen molar-refractivity contribution in [3.8, 4) is 0 Å². The molecule has 6 unspecified atom stereocenters. The van der Waals surface area contributed by atoms with Crippen LogP contribution in [0, 0.1) is 45.8 Å². The first-order chi connectivity index (χ1) is 32.5. The highest BCUT2D eigenvalue weighted by Gasteiger charge is 2.78. The molecule has 0 aliphatic heterocycles. The zero-order valence-corrected chi connectivity index (χ0v) is 41.6. The van der Waals surface area contributed by atoms with Crippen LogP contribution in [0.3, 0.4) is 0 Å². The normalized spacial score (nSPS) is 26.2. The summed E-state index contributed by atoms with van der Waals surface area (Å²) in [5.74, 6) is -9.74. The molecule has 0 aromatic rings. The first-order valence-electron chi connectivity index (χ1n) is 23.7. The van der Waals surface area contributed by atoms with E-state index in [1.54, 1.807) is 48.5 Å². The van der Waals surface area contributed by atoms with Gasteiger partial charge < -0.3 is 29.5 Å². The predicted molar refractivity (Wildman–Crippen MR) is 221 cm³/mol. The largest absolute Gasteiger partial charge is 0.462 e. The zero-order valence-electron chi connectivity index (χ0n) is 41.6. The molecule has 0 aromatic carbocycles. The van der Waals surface area contributed by atoms with Crippen LogP contribution in [0.5, 0.6) is 0 Å². The third-order valence-corrected chi connectivity index (χ3v) is 15.5. The second-order valence-corrected chi connectivity index (χ2v) is 21.5. The van der Waals surface area contributed by atoms with E-state index in [4.69, 9.17) is 14.2 Å². The van der Waals surface area contributed by atoms with Crippen molar-refractivity contribution in [3.63, 3.8) is 0 Å². The van der Waals surface area contributed by atoms with E-state index in [0.29, 0.717) is 25.7 Å². The summed E-state index contributed by atoms with van der Waals surface area (Å²) in [5.41, 5.74) is -16.9. The molecule has 9 nitrogen and oxygen atoms in total. The summed E-state index contributed by atoms with van der Waals surface area (Å²) in [7, 11) is 0. The Bertz CT molecular complexity index is 1800. The van der Waals surface area contributed by atoms with E-state index in [1.165, 1.54) is 13.8 Å². The van der Waals surface area contributed by atoms with E-state index in [1.807, 2.05) is 0 Å². The standard InChI is InChI=1S/C16H22F6O3.2C15H22F6O3/c1-4-13(2,3)12(23)25-11-7-8-5-9(11)6-10(8)14(24,15(17,18)19)16(20,21)22;1-4-12(2,3)11(22)24-10-7-5-9(6-8-10)13(23,14(16,17)18)15(19,20)21;1-4-12(2,3)11(22)24-10-8-6-5-7-9(10)13(23,14(16,17)18)15(19,20)21/h8-11,24H,4-7H2,1-3H3;2*9-10,23H,4-8H2,1-3H3. The van der Waals surface area contributed by atoms with Gasteiger partial charge >= 0.3 is 55.0 Å². The van der Waals surface area contributed by atoms with Gasteiger partial charge in [0.05, 0.1) is 16.2 Å². The smallest absolute Gasteiger partial charge is 0.426 e. The average Bonchev–Trinajstić information content (AvgIpc) is 3.85. The lowest BCUT2D eigenvalue weighted by Crippen LogP contribution is -2.65. The van der Waals surface area contributed by atoms with Gasteiger partial charge in [-0.1, -0.05) is 27.2 Å². The molecule has 0 spiro atoms. The minimum atomic E-state index is -5.92. The number of carbonyl (C=O) groups excluding carboxylic acids is 3. The highest BCUT2D eigenvalue weighted by atomic mass is 19.4. The van der Waals surface area contributed by atoms with Gasteiger partial charge in [-0.3, -0.25) is 14.4 Å². The number of aliphatic hydroxyl groups is 3. The van der Waals surface area contributed by atoms with Crippen molar-refractivity contribution in [2.45, 2.75) is 224 Å². The molecule has 4 rings (SSSR count). The Kier molecular flexibility index (Phi) is 20.4. The van der Waals surface area contributed by atoms with Gasteiger partial charge in [0.25, 0.3) is 16.8 Å². The molecule has 6 atom stereocenters. The van der Waals surface area contributed by atoms with Crippen LogP contribution in [0.25, 0.3) is 0 Å².